The van der Waals surface area contributed by atoms with E-state index >= 15 is 0 Å². The fraction of sp³-hybridized carbons (Fsp3) is 0. The topological polar surface area (TPSA) is 40.9 Å². The van der Waals surface area contributed by atoms with Crippen molar-refractivity contribution in [1.82, 2.24) is 0 Å². The van der Waals surface area contributed by atoms with Crippen molar-refractivity contribution in [2.24, 2.45) is 0 Å². The molecule has 0 amide bonds. The van der Waals surface area contributed by atoms with Crippen molar-refractivity contribution in [2.75, 3.05) is 0 Å². The fourth-order valence-corrected chi connectivity index (χ4v) is 1.03. The molecule has 4 heteroatoms. The van der Waals surface area contributed by atoms with Gasteiger partial charge >= 0.3 is 0 Å². The lowest BCUT2D eigenvalue weighted by Gasteiger charge is -1.97. The zero-order valence-corrected chi connectivity index (χ0v) is 7.49. The number of ketones is 1. The maximum Gasteiger partial charge on any atom is 0.203 e. The van der Waals surface area contributed by atoms with E-state index in [0.717, 1.165) is 6.21 Å². The molecular formula is C8H5Cl2NO. The van der Waals surface area contributed by atoms with Gasteiger partial charge in [-0.1, -0.05) is 23.2 Å². The number of hydrogen-bond acceptors (Lipinski definition) is 2. The molecule has 1 rings (SSSR count). The van der Waals surface area contributed by atoms with Gasteiger partial charge in [0.1, 0.15) is 0 Å². The van der Waals surface area contributed by atoms with Gasteiger partial charge in [0.05, 0.1) is 16.3 Å². The van der Waals surface area contributed by atoms with Gasteiger partial charge in [-0.3, -0.25) is 4.79 Å². The number of benzene rings is 1. The van der Waals surface area contributed by atoms with E-state index in [2.05, 4.69) is 0 Å². The van der Waals surface area contributed by atoms with Crippen LogP contribution in [0, 0.1) is 5.41 Å². The molecule has 0 aliphatic rings. The summed E-state index contributed by atoms with van der Waals surface area (Å²) in [6, 6.07) is 4.50. The van der Waals surface area contributed by atoms with Crippen molar-refractivity contribution in [3.05, 3.63) is 33.8 Å². The molecule has 0 heterocycles. The first kappa shape index (κ1) is 9.23. The molecule has 1 aromatic rings. The summed E-state index contributed by atoms with van der Waals surface area (Å²) >= 11 is 11.3. The van der Waals surface area contributed by atoms with Crippen LogP contribution in [0.15, 0.2) is 18.2 Å². The number of Topliss-reactive ketones (excluding diaryl/α,β-unsaturated/α-hetero) is 1. The molecule has 0 aromatic heterocycles. The minimum absolute atomic E-state index is 0.323. The molecule has 0 saturated heterocycles. The lowest BCUT2D eigenvalue weighted by molar-refractivity contribution is 0.107. The minimum atomic E-state index is -0.381. The van der Waals surface area contributed by atoms with Gasteiger partial charge in [-0.05, 0) is 18.2 Å². The molecule has 1 N–H and O–H groups in total. The highest BCUT2D eigenvalue weighted by Crippen LogP contribution is 2.22. The third-order valence-electron chi connectivity index (χ3n) is 1.34. The van der Waals surface area contributed by atoms with Crippen LogP contribution in [0.1, 0.15) is 10.4 Å². The van der Waals surface area contributed by atoms with Gasteiger partial charge in [0.2, 0.25) is 5.78 Å². The Morgan fingerprint density at radius 2 is 2.00 bits per heavy atom. The molecule has 1 aromatic carbocycles. The second-order valence-corrected chi connectivity index (χ2v) is 2.95. The predicted octanol–water partition coefficient (Wildman–Crippen LogP) is 2.83. The highest BCUT2D eigenvalue weighted by atomic mass is 35.5. The zero-order chi connectivity index (χ0) is 9.14. The first-order valence-corrected chi connectivity index (χ1v) is 3.90. The van der Waals surface area contributed by atoms with Crippen LogP contribution in [0.25, 0.3) is 0 Å². The van der Waals surface area contributed by atoms with Crippen LogP contribution >= 0.6 is 23.2 Å². The minimum Gasteiger partial charge on any atom is -0.305 e. The van der Waals surface area contributed by atoms with Gasteiger partial charge in [0.15, 0.2) is 0 Å². The quantitative estimate of drug-likeness (QED) is 0.581. The Bertz CT molecular complexity index is 336. The molecule has 0 spiro atoms. The van der Waals surface area contributed by atoms with Crippen molar-refractivity contribution in [3.63, 3.8) is 0 Å². The predicted molar refractivity (Wildman–Crippen MR) is 49.6 cm³/mol. The zero-order valence-electron chi connectivity index (χ0n) is 5.97. The number of carbonyl (C=O) groups is 1. The summed E-state index contributed by atoms with van der Waals surface area (Å²) in [6.07, 6.45) is 0.736. The number of rotatable bonds is 2. The van der Waals surface area contributed by atoms with Crippen LogP contribution < -0.4 is 0 Å². The Kier molecular flexibility index (Phi) is 2.84. The summed E-state index contributed by atoms with van der Waals surface area (Å²) in [7, 11) is 0. The first-order valence-electron chi connectivity index (χ1n) is 3.15. The van der Waals surface area contributed by atoms with Gasteiger partial charge in [-0.15, -0.1) is 0 Å². The standard InChI is InChI=1S/C8H5Cl2NO/c9-6-2-1-5(3-7(6)10)8(12)4-11/h1-4,11H. The number of nitrogens with one attached hydrogen (secondary N) is 1. The third kappa shape index (κ3) is 1.84. The number of carbonyl (C=O) groups excluding carboxylic acids is 1. The summed E-state index contributed by atoms with van der Waals surface area (Å²) < 4.78 is 0. The molecule has 2 nitrogen and oxygen atoms in total. The van der Waals surface area contributed by atoms with Gasteiger partial charge in [0.25, 0.3) is 0 Å². The molecule has 0 atom stereocenters. The molecule has 0 bridgehead atoms. The molecule has 0 unspecified atom stereocenters. The van der Waals surface area contributed by atoms with Crippen LogP contribution in [-0.2, 0) is 0 Å². The van der Waals surface area contributed by atoms with Crippen molar-refractivity contribution < 1.29 is 4.79 Å². The maximum absolute atomic E-state index is 10.9. The average molecular weight is 202 g/mol. The second-order valence-electron chi connectivity index (χ2n) is 2.14. The highest BCUT2D eigenvalue weighted by molar-refractivity contribution is 6.43. The van der Waals surface area contributed by atoms with Gasteiger partial charge < -0.3 is 5.41 Å². The van der Waals surface area contributed by atoms with Gasteiger partial charge in [-0.25, -0.2) is 0 Å². The smallest absolute Gasteiger partial charge is 0.203 e. The van der Waals surface area contributed by atoms with E-state index in [4.69, 9.17) is 28.6 Å². The molecule has 12 heavy (non-hydrogen) atoms. The van der Waals surface area contributed by atoms with E-state index in [1.807, 2.05) is 0 Å². The SMILES string of the molecule is N=CC(=O)c1ccc(Cl)c(Cl)c1. The van der Waals surface area contributed by atoms with Crippen LogP contribution in [-0.4, -0.2) is 12.0 Å². The molecule has 0 radical (unpaired) electrons. The molecule has 62 valence electrons. The van der Waals surface area contributed by atoms with Gasteiger partial charge in [-0.2, -0.15) is 0 Å². The lowest BCUT2D eigenvalue weighted by atomic mass is 10.1. The van der Waals surface area contributed by atoms with E-state index in [-0.39, 0.29) is 5.78 Å². The van der Waals surface area contributed by atoms with E-state index in [9.17, 15) is 4.79 Å². The molecular weight excluding hydrogens is 197 g/mol. The maximum atomic E-state index is 10.9. The third-order valence-corrected chi connectivity index (χ3v) is 2.07. The number of hydrogen-bond donors (Lipinski definition) is 1. The Morgan fingerprint density at radius 1 is 1.33 bits per heavy atom. The largest absolute Gasteiger partial charge is 0.305 e. The van der Waals surface area contributed by atoms with Crippen LogP contribution in [0.2, 0.25) is 10.0 Å². The lowest BCUT2D eigenvalue weighted by Crippen LogP contribution is -1.98. The Labute approximate surface area is 79.6 Å². The summed E-state index contributed by atoms with van der Waals surface area (Å²) in [4.78, 5) is 10.9. The van der Waals surface area contributed by atoms with Crippen molar-refractivity contribution >= 4 is 35.2 Å². The monoisotopic (exact) mass is 201 g/mol. The average Bonchev–Trinajstić information content (AvgIpc) is 2.08. The van der Waals surface area contributed by atoms with E-state index in [1.165, 1.54) is 18.2 Å². The van der Waals surface area contributed by atoms with Crippen LogP contribution in [0.4, 0.5) is 0 Å². The molecule has 0 saturated carbocycles. The Morgan fingerprint density at radius 3 is 2.50 bits per heavy atom. The van der Waals surface area contributed by atoms with Crippen molar-refractivity contribution in [2.45, 2.75) is 0 Å². The van der Waals surface area contributed by atoms with E-state index < -0.39 is 0 Å². The molecule has 0 aliphatic carbocycles. The Balaban J connectivity index is 3.13. The fourth-order valence-electron chi connectivity index (χ4n) is 0.733. The van der Waals surface area contributed by atoms with Crippen LogP contribution in [0.5, 0.6) is 0 Å². The first-order chi connectivity index (χ1) is 5.65. The summed E-state index contributed by atoms with van der Waals surface area (Å²) in [5, 5.41) is 7.44. The van der Waals surface area contributed by atoms with E-state index in [0.29, 0.717) is 15.6 Å². The van der Waals surface area contributed by atoms with Crippen LogP contribution in [0.3, 0.4) is 0 Å². The van der Waals surface area contributed by atoms with E-state index in [1.54, 1.807) is 0 Å². The highest BCUT2D eigenvalue weighted by Gasteiger charge is 2.04. The summed E-state index contributed by atoms with van der Waals surface area (Å²) in [5.74, 6) is -0.381. The summed E-state index contributed by atoms with van der Waals surface area (Å²) in [6.45, 7) is 0. The summed E-state index contributed by atoms with van der Waals surface area (Å²) in [5.41, 5.74) is 0.374. The second kappa shape index (κ2) is 3.70. The number of halogens is 2. The van der Waals surface area contributed by atoms with Crippen molar-refractivity contribution in [3.8, 4) is 0 Å². The normalized spacial score (nSPS) is 9.50. The van der Waals surface area contributed by atoms with Crippen molar-refractivity contribution in [1.29, 1.82) is 5.41 Å². The Hall–Kier alpha value is -0.860. The molecule has 0 aliphatic heterocycles. The molecule has 0 fully saturated rings. The van der Waals surface area contributed by atoms with Gasteiger partial charge in [0, 0.05) is 5.56 Å².